The summed E-state index contributed by atoms with van der Waals surface area (Å²) in [6.45, 7) is 0. The number of halogens is 1. The van der Waals surface area contributed by atoms with Gasteiger partial charge in [-0.15, -0.1) is 0 Å². The highest BCUT2D eigenvalue weighted by molar-refractivity contribution is 9.10. The number of esters is 1. The lowest BCUT2D eigenvalue weighted by Crippen LogP contribution is -2.29. The summed E-state index contributed by atoms with van der Waals surface area (Å²) in [5.74, 6) is 0.0114. The van der Waals surface area contributed by atoms with E-state index in [1.807, 2.05) is 6.07 Å². The largest absolute Gasteiger partial charge is 0.465 e. The number of ether oxygens (including phenoxy) is 1. The van der Waals surface area contributed by atoms with E-state index in [2.05, 4.69) is 40.2 Å². The topological polar surface area (TPSA) is 48.3 Å². The summed E-state index contributed by atoms with van der Waals surface area (Å²) in [5, 5.41) is 0. The van der Waals surface area contributed by atoms with E-state index in [4.69, 9.17) is 4.74 Å². The number of benzene rings is 1. The predicted octanol–water partition coefficient (Wildman–Crippen LogP) is 4.30. The van der Waals surface area contributed by atoms with Crippen molar-refractivity contribution >= 4 is 21.9 Å². The van der Waals surface area contributed by atoms with Crippen LogP contribution in [0.15, 0.2) is 51.9 Å². The molecule has 2 aromatic rings. The van der Waals surface area contributed by atoms with Gasteiger partial charge in [0, 0.05) is 12.2 Å². The Labute approximate surface area is 149 Å². The van der Waals surface area contributed by atoms with E-state index >= 15 is 0 Å². The number of methoxy groups -OCH3 is 1. The minimum atomic E-state index is -0.431. The number of hydrogen-bond donors (Lipinski definition) is 0. The zero-order valence-corrected chi connectivity index (χ0v) is 15.2. The van der Waals surface area contributed by atoms with Crippen LogP contribution in [0.5, 0.6) is 0 Å². The Bertz CT molecular complexity index is 785. The molecule has 1 heterocycles. The number of carbonyl (C=O) groups is 1. The van der Waals surface area contributed by atoms with Gasteiger partial charge in [0.1, 0.15) is 0 Å². The Morgan fingerprint density at radius 3 is 2.71 bits per heavy atom. The average molecular weight is 390 g/mol. The van der Waals surface area contributed by atoms with E-state index < -0.39 is 5.97 Å². The first-order valence-corrected chi connectivity index (χ1v) is 8.94. The standard InChI is InChI=1S/C19H20BrNO3/c1-24-19(23)15-11-17(20)18(22)21(12-15)16-9-5-8-14(10-16)13-6-3-2-4-7-13/h2-4,6-7,11-12,14,16H,5,8-10H2,1H3. The van der Waals surface area contributed by atoms with Crippen LogP contribution in [-0.2, 0) is 4.74 Å². The van der Waals surface area contributed by atoms with E-state index in [1.165, 1.54) is 18.7 Å². The van der Waals surface area contributed by atoms with Gasteiger partial charge < -0.3 is 9.30 Å². The number of carbonyl (C=O) groups excluding carboxylic acids is 1. The summed E-state index contributed by atoms with van der Waals surface area (Å²) >= 11 is 3.28. The van der Waals surface area contributed by atoms with Gasteiger partial charge >= 0.3 is 5.97 Å². The highest BCUT2D eigenvalue weighted by Gasteiger charge is 2.26. The molecule has 0 aliphatic heterocycles. The first-order chi connectivity index (χ1) is 11.6. The molecule has 0 radical (unpaired) electrons. The summed E-state index contributed by atoms with van der Waals surface area (Å²) in [4.78, 5) is 24.4. The number of nitrogens with zero attached hydrogens (tertiary/aromatic N) is 1. The van der Waals surface area contributed by atoms with Crippen LogP contribution in [0.2, 0.25) is 0 Å². The van der Waals surface area contributed by atoms with Crippen molar-refractivity contribution in [1.82, 2.24) is 4.57 Å². The van der Waals surface area contributed by atoms with Crippen molar-refractivity contribution in [2.45, 2.75) is 37.6 Å². The van der Waals surface area contributed by atoms with E-state index in [-0.39, 0.29) is 11.6 Å². The second-order valence-corrected chi connectivity index (χ2v) is 7.06. The Balaban J connectivity index is 1.92. The third kappa shape index (κ3) is 3.46. The van der Waals surface area contributed by atoms with Crippen LogP contribution in [0.1, 0.15) is 53.6 Å². The Morgan fingerprint density at radius 2 is 2.00 bits per heavy atom. The molecule has 4 nitrogen and oxygen atoms in total. The molecule has 24 heavy (non-hydrogen) atoms. The minimum Gasteiger partial charge on any atom is -0.465 e. The van der Waals surface area contributed by atoms with Crippen molar-refractivity contribution in [3.05, 3.63) is 68.5 Å². The van der Waals surface area contributed by atoms with Gasteiger partial charge in [0.25, 0.3) is 5.56 Å². The smallest absolute Gasteiger partial charge is 0.339 e. The van der Waals surface area contributed by atoms with Gasteiger partial charge in [-0.3, -0.25) is 4.79 Å². The second kappa shape index (κ2) is 7.34. The Morgan fingerprint density at radius 1 is 1.25 bits per heavy atom. The summed E-state index contributed by atoms with van der Waals surface area (Å²) in [7, 11) is 1.34. The maximum absolute atomic E-state index is 12.5. The Kier molecular flexibility index (Phi) is 5.19. The van der Waals surface area contributed by atoms with Gasteiger partial charge in [-0.2, -0.15) is 0 Å². The normalized spacial score (nSPS) is 20.6. The van der Waals surface area contributed by atoms with Gasteiger partial charge in [0.05, 0.1) is 17.1 Å². The van der Waals surface area contributed by atoms with Crippen molar-refractivity contribution in [3.8, 4) is 0 Å². The molecule has 2 atom stereocenters. The lowest BCUT2D eigenvalue weighted by Gasteiger charge is -2.31. The van der Waals surface area contributed by atoms with E-state index in [0.29, 0.717) is 16.0 Å². The average Bonchev–Trinajstić information content (AvgIpc) is 2.64. The molecule has 1 aromatic carbocycles. The third-order valence-corrected chi connectivity index (χ3v) is 5.30. The minimum absolute atomic E-state index is 0.0948. The molecule has 0 saturated heterocycles. The number of rotatable bonds is 3. The molecule has 2 unspecified atom stereocenters. The fraction of sp³-hybridized carbons (Fsp3) is 0.368. The molecule has 5 heteroatoms. The molecule has 1 aliphatic carbocycles. The van der Waals surface area contributed by atoms with Crippen molar-refractivity contribution in [2.24, 2.45) is 0 Å². The van der Waals surface area contributed by atoms with Crippen molar-refractivity contribution < 1.29 is 9.53 Å². The maximum atomic E-state index is 12.5. The zero-order chi connectivity index (χ0) is 17.1. The lowest BCUT2D eigenvalue weighted by molar-refractivity contribution is 0.0599. The molecule has 0 bridgehead atoms. The van der Waals surface area contributed by atoms with Crippen LogP contribution in [-0.4, -0.2) is 17.6 Å². The summed E-state index contributed by atoms with van der Waals surface area (Å²) in [5.41, 5.74) is 1.62. The van der Waals surface area contributed by atoms with E-state index in [1.54, 1.807) is 10.8 Å². The van der Waals surface area contributed by atoms with Crippen molar-refractivity contribution in [3.63, 3.8) is 0 Å². The third-order valence-electron chi connectivity index (χ3n) is 4.73. The quantitative estimate of drug-likeness (QED) is 0.735. The SMILES string of the molecule is COC(=O)c1cc(Br)c(=O)n(C2CCCC(c3ccccc3)C2)c1. The molecule has 0 spiro atoms. The van der Waals surface area contributed by atoms with Crippen LogP contribution >= 0.6 is 15.9 Å². The van der Waals surface area contributed by atoms with Crippen LogP contribution in [0.25, 0.3) is 0 Å². The summed E-state index contributed by atoms with van der Waals surface area (Å²) in [6.07, 6.45) is 5.68. The molecule has 126 valence electrons. The lowest BCUT2D eigenvalue weighted by atomic mass is 9.81. The number of hydrogen-bond acceptors (Lipinski definition) is 3. The van der Waals surface area contributed by atoms with E-state index in [9.17, 15) is 9.59 Å². The van der Waals surface area contributed by atoms with E-state index in [0.717, 1.165) is 25.7 Å². The molecular formula is C19H20BrNO3. The molecule has 0 N–H and O–H groups in total. The van der Waals surface area contributed by atoms with Crippen LogP contribution in [0.4, 0.5) is 0 Å². The monoisotopic (exact) mass is 389 g/mol. The first-order valence-electron chi connectivity index (χ1n) is 8.15. The molecule has 1 aliphatic rings. The second-order valence-electron chi connectivity index (χ2n) is 6.21. The number of pyridine rings is 1. The predicted molar refractivity (Wildman–Crippen MR) is 96.4 cm³/mol. The molecule has 0 amide bonds. The maximum Gasteiger partial charge on any atom is 0.339 e. The molecule has 1 aromatic heterocycles. The highest BCUT2D eigenvalue weighted by Crippen LogP contribution is 2.38. The Hall–Kier alpha value is -1.88. The molecular weight excluding hydrogens is 370 g/mol. The van der Waals surface area contributed by atoms with Gasteiger partial charge in [-0.1, -0.05) is 36.8 Å². The summed E-state index contributed by atoms with van der Waals surface area (Å²) < 4.78 is 6.88. The van der Waals surface area contributed by atoms with Crippen molar-refractivity contribution in [2.75, 3.05) is 7.11 Å². The molecule has 1 saturated carbocycles. The van der Waals surface area contributed by atoms with Gasteiger partial charge in [0.2, 0.25) is 0 Å². The van der Waals surface area contributed by atoms with Crippen LogP contribution in [0.3, 0.4) is 0 Å². The van der Waals surface area contributed by atoms with Gasteiger partial charge in [0.15, 0.2) is 0 Å². The van der Waals surface area contributed by atoms with Gasteiger partial charge in [-0.25, -0.2) is 4.79 Å². The van der Waals surface area contributed by atoms with Crippen LogP contribution < -0.4 is 5.56 Å². The van der Waals surface area contributed by atoms with Crippen molar-refractivity contribution in [1.29, 1.82) is 0 Å². The zero-order valence-electron chi connectivity index (χ0n) is 13.6. The molecule has 3 rings (SSSR count). The summed E-state index contributed by atoms with van der Waals surface area (Å²) in [6, 6.07) is 12.1. The highest BCUT2D eigenvalue weighted by atomic mass is 79.9. The molecule has 1 fully saturated rings. The first kappa shape index (κ1) is 17.0. The fourth-order valence-electron chi connectivity index (χ4n) is 3.51. The number of aromatic nitrogens is 1. The van der Waals surface area contributed by atoms with Gasteiger partial charge in [-0.05, 0) is 52.7 Å². The fourth-order valence-corrected chi connectivity index (χ4v) is 3.96. The van der Waals surface area contributed by atoms with Crippen LogP contribution in [0, 0.1) is 0 Å².